The summed E-state index contributed by atoms with van der Waals surface area (Å²) in [5, 5.41) is 15.2. The Hall–Kier alpha value is -2.31. The van der Waals surface area contributed by atoms with E-state index in [1.165, 1.54) is 6.26 Å². The Labute approximate surface area is 138 Å². The van der Waals surface area contributed by atoms with Gasteiger partial charge in [-0.1, -0.05) is 17.7 Å². The number of halogens is 1. The summed E-state index contributed by atoms with van der Waals surface area (Å²) in [6.45, 7) is 2.06. The van der Waals surface area contributed by atoms with Gasteiger partial charge in [-0.05, 0) is 36.8 Å². The molecule has 0 aliphatic carbocycles. The summed E-state index contributed by atoms with van der Waals surface area (Å²) < 4.78 is 5.12. The van der Waals surface area contributed by atoms with Crippen LogP contribution in [0.1, 0.15) is 17.7 Å². The van der Waals surface area contributed by atoms with E-state index in [0.29, 0.717) is 16.5 Å². The molecule has 2 rings (SSSR count). The molecule has 0 aliphatic rings. The fraction of sp³-hybridized carbons (Fsp3) is 0.250. The van der Waals surface area contributed by atoms with Gasteiger partial charge in [-0.15, -0.1) is 0 Å². The number of rotatable bonds is 7. The third-order valence-electron chi connectivity index (χ3n) is 3.26. The van der Waals surface area contributed by atoms with E-state index in [0.717, 1.165) is 5.56 Å². The summed E-state index contributed by atoms with van der Waals surface area (Å²) in [7, 11) is 0. The lowest BCUT2D eigenvalue weighted by Crippen LogP contribution is -2.39. The SMILES string of the molecule is Cc1ccc(Cl)cc1NC(=O)C[C@H](NCc1ccco1)C(=O)O. The molecular weight excluding hydrogens is 320 g/mol. The normalized spacial score (nSPS) is 11.9. The lowest BCUT2D eigenvalue weighted by atomic mass is 10.1. The van der Waals surface area contributed by atoms with E-state index in [1.807, 2.05) is 6.92 Å². The van der Waals surface area contributed by atoms with E-state index < -0.39 is 17.9 Å². The van der Waals surface area contributed by atoms with E-state index in [-0.39, 0.29) is 13.0 Å². The Bertz CT molecular complexity index is 685. The van der Waals surface area contributed by atoms with Crippen LogP contribution in [-0.2, 0) is 16.1 Å². The van der Waals surface area contributed by atoms with Crippen molar-refractivity contribution in [3.8, 4) is 0 Å². The second kappa shape index (κ2) is 7.80. The molecule has 0 spiro atoms. The number of carboxylic acids is 1. The minimum absolute atomic E-state index is 0.206. The summed E-state index contributed by atoms with van der Waals surface area (Å²) in [5.41, 5.74) is 1.41. The monoisotopic (exact) mass is 336 g/mol. The summed E-state index contributed by atoms with van der Waals surface area (Å²) in [5.74, 6) is -0.911. The van der Waals surface area contributed by atoms with E-state index in [9.17, 15) is 14.7 Å². The lowest BCUT2D eigenvalue weighted by Gasteiger charge is -2.14. The summed E-state index contributed by atoms with van der Waals surface area (Å²) in [4.78, 5) is 23.3. The van der Waals surface area contributed by atoms with Gasteiger partial charge in [-0.2, -0.15) is 0 Å². The van der Waals surface area contributed by atoms with Crippen molar-refractivity contribution in [1.82, 2.24) is 5.32 Å². The third kappa shape index (κ3) is 5.12. The molecule has 1 atom stereocenters. The molecule has 23 heavy (non-hydrogen) atoms. The number of hydrogen-bond donors (Lipinski definition) is 3. The maximum absolute atomic E-state index is 12.1. The maximum atomic E-state index is 12.1. The quantitative estimate of drug-likeness (QED) is 0.723. The molecule has 0 saturated heterocycles. The van der Waals surface area contributed by atoms with Gasteiger partial charge in [-0.3, -0.25) is 14.9 Å². The van der Waals surface area contributed by atoms with Crippen molar-refractivity contribution in [3.63, 3.8) is 0 Å². The van der Waals surface area contributed by atoms with Gasteiger partial charge in [-0.25, -0.2) is 0 Å². The second-order valence-corrected chi connectivity index (χ2v) is 5.50. The fourth-order valence-corrected chi connectivity index (χ4v) is 2.17. The number of anilines is 1. The Morgan fingerprint density at radius 1 is 1.35 bits per heavy atom. The zero-order valence-corrected chi connectivity index (χ0v) is 13.3. The molecule has 122 valence electrons. The number of hydrogen-bond acceptors (Lipinski definition) is 4. The van der Waals surface area contributed by atoms with Crippen LogP contribution in [0.25, 0.3) is 0 Å². The molecule has 0 saturated carbocycles. The number of benzene rings is 1. The van der Waals surface area contributed by atoms with Gasteiger partial charge in [0.25, 0.3) is 0 Å². The zero-order chi connectivity index (χ0) is 16.8. The first-order valence-electron chi connectivity index (χ1n) is 7.00. The number of aryl methyl sites for hydroxylation is 1. The Morgan fingerprint density at radius 3 is 2.78 bits per heavy atom. The van der Waals surface area contributed by atoms with Crippen molar-refractivity contribution in [1.29, 1.82) is 0 Å². The van der Waals surface area contributed by atoms with Crippen LogP contribution in [0.15, 0.2) is 41.0 Å². The van der Waals surface area contributed by atoms with Crippen LogP contribution in [0, 0.1) is 6.92 Å². The van der Waals surface area contributed by atoms with Gasteiger partial charge < -0.3 is 14.8 Å². The zero-order valence-electron chi connectivity index (χ0n) is 12.5. The van der Waals surface area contributed by atoms with Crippen LogP contribution in [0.5, 0.6) is 0 Å². The number of furan rings is 1. The smallest absolute Gasteiger partial charge is 0.321 e. The van der Waals surface area contributed by atoms with Gasteiger partial charge in [0.05, 0.1) is 19.2 Å². The summed E-state index contributed by atoms with van der Waals surface area (Å²) in [6.07, 6.45) is 1.30. The Kier molecular flexibility index (Phi) is 5.78. The highest BCUT2D eigenvalue weighted by Gasteiger charge is 2.21. The number of amides is 1. The van der Waals surface area contributed by atoms with Crippen molar-refractivity contribution in [2.24, 2.45) is 0 Å². The standard InChI is InChI=1S/C16H17ClN2O4/c1-10-4-5-11(17)7-13(10)19-15(20)8-14(16(21)22)18-9-12-3-2-6-23-12/h2-7,14,18H,8-9H2,1H3,(H,19,20)(H,21,22)/t14-/m0/s1. The molecule has 2 aromatic rings. The molecule has 0 bridgehead atoms. The molecule has 1 heterocycles. The van der Waals surface area contributed by atoms with Crippen molar-refractivity contribution in [2.75, 3.05) is 5.32 Å². The van der Waals surface area contributed by atoms with Crippen LogP contribution in [0.4, 0.5) is 5.69 Å². The van der Waals surface area contributed by atoms with Crippen molar-refractivity contribution in [2.45, 2.75) is 25.9 Å². The molecular formula is C16H17ClN2O4. The van der Waals surface area contributed by atoms with Crippen LogP contribution in [0.2, 0.25) is 5.02 Å². The summed E-state index contributed by atoms with van der Waals surface area (Å²) in [6, 6.07) is 7.54. The number of carboxylic acid groups (broad SMARTS) is 1. The second-order valence-electron chi connectivity index (χ2n) is 5.06. The molecule has 0 fully saturated rings. The number of carbonyl (C=O) groups excluding carboxylic acids is 1. The molecule has 7 heteroatoms. The first kappa shape index (κ1) is 17.1. The minimum atomic E-state index is -1.10. The molecule has 3 N–H and O–H groups in total. The molecule has 0 radical (unpaired) electrons. The van der Waals surface area contributed by atoms with Crippen molar-refractivity contribution in [3.05, 3.63) is 52.9 Å². The highest BCUT2D eigenvalue weighted by Crippen LogP contribution is 2.20. The highest BCUT2D eigenvalue weighted by atomic mass is 35.5. The maximum Gasteiger partial charge on any atom is 0.321 e. The van der Waals surface area contributed by atoms with E-state index in [2.05, 4.69) is 10.6 Å². The predicted molar refractivity (Wildman–Crippen MR) is 86.4 cm³/mol. The predicted octanol–water partition coefficient (Wildman–Crippen LogP) is 2.81. The Balaban J connectivity index is 1.94. The van der Waals surface area contributed by atoms with Crippen LogP contribution >= 0.6 is 11.6 Å². The van der Waals surface area contributed by atoms with E-state index in [1.54, 1.807) is 30.3 Å². The highest BCUT2D eigenvalue weighted by molar-refractivity contribution is 6.31. The fourth-order valence-electron chi connectivity index (χ4n) is 2.00. The van der Waals surface area contributed by atoms with Crippen LogP contribution in [0.3, 0.4) is 0 Å². The Morgan fingerprint density at radius 2 is 2.13 bits per heavy atom. The molecule has 1 aromatic carbocycles. The van der Waals surface area contributed by atoms with Gasteiger partial charge in [0.2, 0.25) is 5.91 Å². The van der Waals surface area contributed by atoms with Crippen molar-refractivity contribution < 1.29 is 19.1 Å². The first-order chi connectivity index (χ1) is 11.0. The summed E-state index contributed by atoms with van der Waals surface area (Å²) >= 11 is 5.90. The number of nitrogens with one attached hydrogen (secondary N) is 2. The minimum Gasteiger partial charge on any atom is -0.480 e. The van der Waals surface area contributed by atoms with Crippen molar-refractivity contribution >= 4 is 29.2 Å². The molecule has 1 aromatic heterocycles. The number of aliphatic carboxylic acids is 1. The van der Waals surface area contributed by atoms with E-state index in [4.69, 9.17) is 16.0 Å². The van der Waals surface area contributed by atoms with Crippen LogP contribution < -0.4 is 10.6 Å². The van der Waals surface area contributed by atoms with Gasteiger partial charge in [0, 0.05) is 10.7 Å². The molecule has 6 nitrogen and oxygen atoms in total. The molecule has 1 amide bonds. The third-order valence-corrected chi connectivity index (χ3v) is 3.50. The average Bonchev–Trinajstić information content (AvgIpc) is 3.00. The molecule has 0 aliphatic heterocycles. The topological polar surface area (TPSA) is 91.6 Å². The average molecular weight is 337 g/mol. The largest absolute Gasteiger partial charge is 0.480 e. The first-order valence-corrected chi connectivity index (χ1v) is 7.38. The molecule has 0 unspecified atom stereocenters. The van der Waals surface area contributed by atoms with Crippen LogP contribution in [-0.4, -0.2) is 23.0 Å². The van der Waals surface area contributed by atoms with Gasteiger partial charge in [0.1, 0.15) is 11.8 Å². The van der Waals surface area contributed by atoms with E-state index >= 15 is 0 Å². The lowest BCUT2D eigenvalue weighted by molar-refractivity contribution is -0.141. The number of carbonyl (C=O) groups is 2. The van der Waals surface area contributed by atoms with Gasteiger partial charge >= 0.3 is 5.97 Å². The van der Waals surface area contributed by atoms with Gasteiger partial charge in [0.15, 0.2) is 0 Å².